The highest BCUT2D eigenvalue weighted by molar-refractivity contribution is 5.76. The van der Waals surface area contributed by atoms with Crippen LogP contribution in [0.2, 0.25) is 0 Å². The molecule has 2 amide bonds. The summed E-state index contributed by atoms with van der Waals surface area (Å²) in [7, 11) is 0. The van der Waals surface area contributed by atoms with Crippen molar-refractivity contribution in [2.45, 2.75) is 149 Å². The molecule has 8 aliphatic rings. The Morgan fingerprint density at radius 3 is 2.40 bits per heavy atom. The average Bonchev–Trinajstić information content (AvgIpc) is 4.04. The maximum atomic E-state index is 14.0. The van der Waals surface area contributed by atoms with Gasteiger partial charge >= 0.3 is 0 Å². The molecule has 6 saturated carbocycles. The first-order valence-electron chi connectivity index (χ1n) is 21.6. The lowest BCUT2D eigenvalue weighted by Crippen LogP contribution is -2.60. The molecule has 1 aromatic rings. The average molecular weight is 767 g/mol. The third kappa shape index (κ3) is 5.82. The number of hydrogen-bond acceptors (Lipinski definition) is 6. The Labute approximate surface area is 326 Å². The smallest absolute Gasteiger partial charge is 0.223 e. The summed E-state index contributed by atoms with van der Waals surface area (Å²) in [6.45, 7) is 15.6. The van der Waals surface area contributed by atoms with Crippen molar-refractivity contribution in [1.82, 2.24) is 9.80 Å². The number of aliphatic hydroxyl groups excluding tert-OH is 1. The van der Waals surface area contributed by atoms with Gasteiger partial charge in [0.1, 0.15) is 11.6 Å². The lowest BCUT2D eigenvalue weighted by atomic mass is 9.41. The first-order chi connectivity index (χ1) is 26.0. The van der Waals surface area contributed by atoms with Gasteiger partial charge in [-0.15, -0.1) is 0 Å². The number of hydrogen-bond donors (Lipinski definition) is 1. The first-order valence-corrected chi connectivity index (χ1v) is 21.6. The van der Waals surface area contributed by atoms with Crippen LogP contribution in [0.15, 0.2) is 18.2 Å². The van der Waals surface area contributed by atoms with E-state index < -0.39 is 17.7 Å². The zero-order valence-corrected chi connectivity index (χ0v) is 34.0. The van der Waals surface area contributed by atoms with Gasteiger partial charge in [-0.3, -0.25) is 9.59 Å². The highest BCUT2D eigenvalue weighted by Gasteiger charge is 2.84. The van der Waals surface area contributed by atoms with Gasteiger partial charge in [0.15, 0.2) is 6.29 Å². The van der Waals surface area contributed by atoms with Crippen molar-refractivity contribution in [3.63, 3.8) is 0 Å². The Morgan fingerprint density at radius 1 is 0.982 bits per heavy atom. The van der Waals surface area contributed by atoms with Crippen molar-refractivity contribution in [3.05, 3.63) is 35.4 Å². The molecule has 0 bridgehead atoms. The fourth-order valence-corrected chi connectivity index (χ4v) is 15.0. The molecule has 10 heteroatoms. The van der Waals surface area contributed by atoms with Gasteiger partial charge in [0.2, 0.25) is 11.8 Å². The van der Waals surface area contributed by atoms with Crippen LogP contribution in [0.5, 0.6) is 0 Å². The largest absolute Gasteiger partial charge is 0.390 e. The second kappa shape index (κ2) is 13.2. The topological polar surface area (TPSA) is 88.5 Å². The van der Waals surface area contributed by atoms with Gasteiger partial charge in [-0.05, 0) is 133 Å². The number of carbonyl (C=O) groups is 2. The molecule has 4 unspecified atom stereocenters. The van der Waals surface area contributed by atoms with Crippen LogP contribution in [-0.2, 0) is 30.3 Å². The number of nitrogens with zero attached hydrogens (tertiary/aromatic N) is 2. The Kier molecular flexibility index (Phi) is 9.20. The van der Waals surface area contributed by atoms with E-state index >= 15 is 0 Å². The predicted octanol–water partition coefficient (Wildman–Crippen LogP) is 7.50. The van der Waals surface area contributed by atoms with E-state index in [2.05, 4.69) is 34.6 Å². The molecule has 8 nitrogen and oxygen atoms in total. The van der Waals surface area contributed by atoms with Crippen LogP contribution in [-0.4, -0.2) is 83.7 Å². The number of amides is 2. The van der Waals surface area contributed by atoms with Gasteiger partial charge in [0.05, 0.1) is 37.6 Å². The van der Waals surface area contributed by atoms with Crippen LogP contribution in [0.3, 0.4) is 0 Å². The molecule has 1 N–H and O–H groups in total. The number of morpholine rings is 1. The molecule has 2 saturated heterocycles. The van der Waals surface area contributed by atoms with Crippen molar-refractivity contribution in [1.29, 1.82) is 0 Å². The zero-order chi connectivity index (χ0) is 38.9. The number of halogens is 2. The highest BCUT2D eigenvalue weighted by Crippen LogP contribution is 2.89. The van der Waals surface area contributed by atoms with Crippen molar-refractivity contribution in [2.75, 3.05) is 26.2 Å². The third-order valence-electron chi connectivity index (χ3n) is 17.8. The number of rotatable bonds is 8. The zero-order valence-electron chi connectivity index (χ0n) is 34.0. The van der Waals surface area contributed by atoms with Crippen LogP contribution in [0.4, 0.5) is 8.78 Å². The number of aliphatic hydroxyl groups is 1. The minimum absolute atomic E-state index is 0.0367. The van der Waals surface area contributed by atoms with E-state index in [1.54, 1.807) is 4.90 Å². The van der Waals surface area contributed by atoms with Gasteiger partial charge < -0.3 is 29.1 Å². The third-order valence-corrected chi connectivity index (χ3v) is 17.8. The van der Waals surface area contributed by atoms with Crippen LogP contribution in [0.25, 0.3) is 0 Å². The number of carbonyl (C=O) groups excluding carboxylic acids is 2. The van der Waals surface area contributed by atoms with E-state index in [1.807, 2.05) is 4.90 Å². The summed E-state index contributed by atoms with van der Waals surface area (Å²) in [5, 5.41) is 12.7. The molecule has 13 atom stereocenters. The Hall–Kier alpha value is -2.14. The van der Waals surface area contributed by atoms with E-state index in [9.17, 15) is 23.5 Å². The minimum atomic E-state index is -0.658. The van der Waals surface area contributed by atoms with Gasteiger partial charge in [-0.2, -0.15) is 0 Å². The molecule has 0 radical (unpaired) electrons. The van der Waals surface area contributed by atoms with E-state index in [4.69, 9.17) is 14.2 Å². The summed E-state index contributed by atoms with van der Waals surface area (Å²) in [5.41, 5.74) is 0.456. The molecule has 2 heterocycles. The molecular weight excluding hydrogens is 702 g/mol. The summed E-state index contributed by atoms with van der Waals surface area (Å²) >= 11 is 0. The second-order valence-electron chi connectivity index (χ2n) is 20.7. The van der Waals surface area contributed by atoms with Crippen LogP contribution in [0, 0.1) is 68.3 Å². The number of benzene rings is 1. The van der Waals surface area contributed by atoms with E-state index in [-0.39, 0.29) is 81.9 Å². The molecule has 8 fully saturated rings. The minimum Gasteiger partial charge on any atom is -0.390 e. The standard InChI is InChI=1S/C45H64F2N2O6/c1-26-17-32(23-49(27(2)50)22-29-18-30(46)21-31(47)19-29)54-39-38(26)42(5)13-14-45-25-44(45)12-11-35(41(3,4)33(44)9-10-34(45)43(42,6)40(39)52)55-37-24-48(15-16-53-37)36(51)20-28-7-8-28/h18-19,21,26,28,32-35,37-40,52H,7-17,20,22-25H2,1-6H3/t26-,32?,33+,34?,35?,37+,38+,39?,40+,42-,43-,44-,45+/m1/s1. The van der Waals surface area contributed by atoms with Gasteiger partial charge in [-0.25, -0.2) is 8.78 Å². The van der Waals surface area contributed by atoms with Crippen molar-refractivity contribution >= 4 is 11.8 Å². The molecule has 9 rings (SSSR count). The van der Waals surface area contributed by atoms with E-state index in [1.165, 1.54) is 44.7 Å². The van der Waals surface area contributed by atoms with Gasteiger partial charge in [0, 0.05) is 44.5 Å². The Morgan fingerprint density at radius 2 is 1.69 bits per heavy atom. The predicted molar refractivity (Wildman–Crippen MR) is 202 cm³/mol. The lowest BCUT2D eigenvalue weighted by Gasteiger charge is -2.64. The SMILES string of the molecule is CC(=O)N(Cc1cc(F)cc(F)c1)CC1C[C@@H](C)[C@H]2C(O1)[C@H](O)[C@@]1(C)C3CC[C@H]4C(C)(C)C(O[C@H]5CN(C(=O)CC6CC6)CCO5)CC[C@@]45C[C@@]35CC[C@]21C. The summed E-state index contributed by atoms with van der Waals surface area (Å²) in [6.07, 6.45) is 10.1. The highest BCUT2D eigenvalue weighted by atomic mass is 19.1. The van der Waals surface area contributed by atoms with Crippen molar-refractivity contribution in [3.8, 4) is 0 Å². The van der Waals surface area contributed by atoms with E-state index in [0.717, 1.165) is 44.6 Å². The van der Waals surface area contributed by atoms with Crippen molar-refractivity contribution < 1.29 is 37.7 Å². The second-order valence-corrected chi connectivity index (χ2v) is 20.7. The summed E-state index contributed by atoms with van der Waals surface area (Å²) in [6, 6.07) is 3.40. The fraction of sp³-hybridized carbons (Fsp3) is 0.822. The fourth-order valence-electron chi connectivity index (χ4n) is 15.0. The summed E-state index contributed by atoms with van der Waals surface area (Å²) in [5.74, 6) is 0.772. The van der Waals surface area contributed by atoms with Crippen LogP contribution < -0.4 is 0 Å². The quantitative estimate of drug-likeness (QED) is 0.295. The molecular formula is C45H64F2N2O6. The van der Waals surface area contributed by atoms with Crippen LogP contribution >= 0.6 is 0 Å². The molecule has 2 aliphatic heterocycles. The molecule has 2 spiro atoms. The molecule has 304 valence electrons. The first kappa shape index (κ1) is 38.4. The molecule has 55 heavy (non-hydrogen) atoms. The van der Waals surface area contributed by atoms with Crippen molar-refractivity contribution in [2.24, 2.45) is 56.7 Å². The summed E-state index contributed by atoms with van der Waals surface area (Å²) in [4.78, 5) is 29.4. The normalized spacial score (nSPS) is 45.4. The monoisotopic (exact) mass is 766 g/mol. The van der Waals surface area contributed by atoms with Crippen LogP contribution in [0.1, 0.15) is 118 Å². The Bertz CT molecular complexity index is 1680. The Balaban J connectivity index is 0.904. The number of fused-ring (bicyclic) bond motifs is 4. The molecule has 1 aromatic carbocycles. The lowest BCUT2D eigenvalue weighted by molar-refractivity contribution is -0.248. The van der Waals surface area contributed by atoms with Gasteiger partial charge in [0.25, 0.3) is 0 Å². The molecule has 0 aromatic heterocycles. The maximum absolute atomic E-state index is 14.0. The van der Waals surface area contributed by atoms with Gasteiger partial charge in [-0.1, -0.05) is 34.6 Å². The molecule has 6 aliphatic carbocycles. The maximum Gasteiger partial charge on any atom is 0.223 e. The number of ether oxygens (including phenoxy) is 3. The summed E-state index contributed by atoms with van der Waals surface area (Å²) < 4.78 is 48.0. The van der Waals surface area contributed by atoms with E-state index in [0.29, 0.717) is 56.0 Å².